The monoisotopic (exact) mass is 727 g/mol. The van der Waals surface area contributed by atoms with Crippen LogP contribution in [0, 0.1) is 0 Å². The minimum atomic E-state index is -0.458. The molecule has 0 saturated carbocycles. The molecule has 0 heterocycles. The van der Waals surface area contributed by atoms with Crippen LogP contribution in [0.5, 0.6) is 0 Å². The van der Waals surface area contributed by atoms with Crippen LogP contribution in [0.3, 0.4) is 0 Å². The minimum Gasteiger partial charge on any atom is -0.310 e. The van der Waals surface area contributed by atoms with Crippen LogP contribution >= 0.6 is 0 Å². The average molecular weight is 728 g/mol. The van der Waals surface area contributed by atoms with Gasteiger partial charge in [-0.1, -0.05) is 196 Å². The predicted octanol–water partition coefficient (Wildman–Crippen LogP) is 14.6. The van der Waals surface area contributed by atoms with Gasteiger partial charge >= 0.3 is 0 Å². The van der Waals surface area contributed by atoms with Crippen molar-refractivity contribution in [3.63, 3.8) is 0 Å². The Kier molecular flexibility index (Phi) is 7.50. The van der Waals surface area contributed by atoms with Crippen molar-refractivity contribution in [1.29, 1.82) is 0 Å². The first-order chi connectivity index (χ1) is 28.0. The zero-order valence-corrected chi connectivity index (χ0v) is 32.2. The lowest BCUT2D eigenvalue weighted by Gasteiger charge is -2.34. The zero-order valence-electron chi connectivity index (χ0n) is 32.2. The van der Waals surface area contributed by atoms with Crippen LogP contribution in [0.25, 0.3) is 44.2 Å². The quantitative estimate of drug-likeness (QED) is 0.165. The maximum Gasteiger partial charge on any atom is 0.0713 e. The zero-order chi connectivity index (χ0) is 38.1. The molecule has 9 aromatic rings. The van der Waals surface area contributed by atoms with Gasteiger partial charge < -0.3 is 4.90 Å². The third-order valence-electron chi connectivity index (χ3n) is 12.7. The molecule has 270 valence electrons. The van der Waals surface area contributed by atoms with Crippen molar-refractivity contribution in [2.24, 2.45) is 0 Å². The van der Waals surface area contributed by atoms with Crippen LogP contribution in [-0.2, 0) is 10.8 Å². The van der Waals surface area contributed by atoms with Crippen LogP contribution in [0.15, 0.2) is 212 Å². The lowest BCUT2D eigenvalue weighted by molar-refractivity contribution is 0.662. The second kappa shape index (κ2) is 12.8. The fourth-order valence-corrected chi connectivity index (χ4v) is 10.3. The number of nitrogens with zero attached hydrogens (tertiary/aromatic N) is 1. The molecule has 57 heavy (non-hydrogen) atoms. The molecule has 0 fully saturated rings. The third-order valence-corrected chi connectivity index (χ3v) is 12.7. The Morgan fingerprint density at radius 3 is 1.56 bits per heavy atom. The van der Waals surface area contributed by atoms with E-state index in [0.29, 0.717) is 0 Å². The third kappa shape index (κ3) is 4.89. The molecular weight excluding hydrogens is 687 g/mol. The Morgan fingerprint density at radius 2 is 0.877 bits per heavy atom. The van der Waals surface area contributed by atoms with Gasteiger partial charge in [-0.25, -0.2) is 0 Å². The van der Waals surface area contributed by atoms with Gasteiger partial charge in [-0.05, 0) is 102 Å². The molecule has 0 spiro atoms. The van der Waals surface area contributed by atoms with Crippen LogP contribution in [0.1, 0.15) is 47.2 Å². The summed E-state index contributed by atoms with van der Waals surface area (Å²) in [6.45, 7) is 4.76. The predicted molar refractivity (Wildman–Crippen MR) is 239 cm³/mol. The van der Waals surface area contributed by atoms with E-state index < -0.39 is 5.41 Å². The molecule has 0 bridgehead atoms. The summed E-state index contributed by atoms with van der Waals surface area (Å²) in [4.78, 5) is 2.48. The Labute approximate surface area is 335 Å². The van der Waals surface area contributed by atoms with E-state index >= 15 is 0 Å². The maximum atomic E-state index is 2.48. The minimum absolute atomic E-state index is 0.152. The van der Waals surface area contributed by atoms with Crippen molar-refractivity contribution in [2.75, 3.05) is 4.90 Å². The van der Waals surface area contributed by atoms with Crippen molar-refractivity contribution in [3.8, 4) is 33.4 Å². The molecular formula is C56H41N. The molecule has 0 N–H and O–H groups in total. The summed E-state index contributed by atoms with van der Waals surface area (Å²) >= 11 is 0. The summed E-state index contributed by atoms with van der Waals surface area (Å²) in [5, 5.41) is 2.43. The number of benzene rings is 9. The summed E-state index contributed by atoms with van der Waals surface area (Å²) in [5.74, 6) is 0. The highest BCUT2D eigenvalue weighted by atomic mass is 15.1. The molecule has 1 nitrogen and oxygen atoms in total. The number of rotatable bonds is 6. The van der Waals surface area contributed by atoms with Crippen LogP contribution in [0.2, 0.25) is 0 Å². The van der Waals surface area contributed by atoms with Gasteiger partial charge in [0.05, 0.1) is 11.1 Å². The molecule has 2 aliphatic rings. The SMILES string of the molecule is CC1(C)c2ccccc2-c2cc(N(c3ccc(C4(c5ccccc5)c5ccccc5-c5ccccc54)cc3)c3cccc4ccccc34)cc(-c3ccccc3)c21. The summed E-state index contributed by atoms with van der Waals surface area (Å²) in [6, 6.07) is 78.7. The first-order valence-electron chi connectivity index (χ1n) is 20.0. The Hall–Kier alpha value is -6.96. The number of fused-ring (bicyclic) bond motifs is 7. The van der Waals surface area contributed by atoms with Crippen molar-refractivity contribution in [3.05, 3.63) is 246 Å². The highest BCUT2D eigenvalue weighted by Crippen LogP contribution is 2.57. The topological polar surface area (TPSA) is 3.24 Å². The number of hydrogen-bond donors (Lipinski definition) is 0. The van der Waals surface area contributed by atoms with E-state index in [1.54, 1.807) is 0 Å². The van der Waals surface area contributed by atoms with Crippen molar-refractivity contribution in [1.82, 2.24) is 0 Å². The van der Waals surface area contributed by atoms with E-state index in [1.165, 1.54) is 77.5 Å². The van der Waals surface area contributed by atoms with Gasteiger partial charge in [0.25, 0.3) is 0 Å². The van der Waals surface area contributed by atoms with E-state index in [-0.39, 0.29) is 5.41 Å². The Morgan fingerprint density at radius 1 is 0.368 bits per heavy atom. The van der Waals surface area contributed by atoms with Crippen molar-refractivity contribution < 1.29 is 0 Å². The average Bonchev–Trinajstić information content (AvgIpc) is 3.70. The van der Waals surface area contributed by atoms with E-state index in [4.69, 9.17) is 0 Å². The van der Waals surface area contributed by atoms with Gasteiger partial charge in [-0.15, -0.1) is 0 Å². The summed E-state index contributed by atoms with van der Waals surface area (Å²) in [7, 11) is 0. The Balaban J connectivity index is 1.17. The van der Waals surface area contributed by atoms with Gasteiger partial charge in [0.2, 0.25) is 0 Å². The van der Waals surface area contributed by atoms with Gasteiger partial charge in [-0.2, -0.15) is 0 Å². The van der Waals surface area contributed by atoms with Gasteiger partial charge in [0.1, 0.15) is 0 Å². The first kappa shape index (κ1) is 33.4. The summed E-state index contributed by atoms with van der Waals surface area (Å²) in [5.41, 5.74) is 18.4. The summed E-state index contributed by atoms with van der Waals surface area (Å²) < 4.78 is 0. The molecule has 0 unspecified atom stereocenters. The lowest BCUT2D eigenvalue weighted by atomic mass is 9.68. The highest BCUT2D eigenvalue weighted by Gasteiger charge is 2.46. The molecule has 1 heteroatoms. The smallest absolute Gasteiger partial charge is 0.0713 e. The van der Waals surface area contributed by atoms with E-state index in [2.05, 4.69) is 231 Å². The molecule has 0 atom stereocenters. The van der Waals surface area contributed by atoms with E-state index in [9.17, 15) is 0 Å². The molecule has 0 aromatic heterocycles. The molecule has 0 radical (unpaired) electrons. The second-order valence-corrected chi connectivity index (χ2v) is 16.0. The lowest BCUT2D eigenvalue weighted by Crippen LogP contribution is -2.28. The standard InChI is InChI=1S/C56H41N/c1-55(2)50-28-14-11-27-47(50)49-37-43(36-48(54(49)55)39-18-5-3-6-19-39)57(53-31-17-21-38-20-9-10-24-44(38)53)42-34-32-41(33-35-42)56(40-22-7-4-8-23-40)51-29-15-12-25-45(51)46-26-13-16-30-52(46)56/h3-37H,1-2H3. The van der Waals surface area contributed by atoms with Crippen LogP contribution < -0.4 is 4.90 Å². The number of hydrogen-bond acceptors (Lipinski definition) is 1. The fourth-order valence-electron chi connectivity index (χ4n) is 10.3. The van der Waals surface area contributed by atoms with Gasteiger partial charge in [-0.3, -0.25) is 0 Å². The van der Waals surface area contributed by atoms with Crippen LogP contribution in [0.4, 0.5) is 17.1 Å². The Bertz CT molecular complexity index is 2920. The first-order valence-corrected chi connectivity index (χ1v) is 20.0. The van der Waals surface area contributed by atoms with Crippen molar-refractivity contribution >= 4 is 27.8 Å². The van der Waals surface area contributed by atoms with Gasteiger partial charge in [0, 0.05) is 22.2 Å². The van der Waals surface area contributed by atoms with Gasteiger partial charge in [0.15, 0.2) is 0 Å². The van der Waals surface area contributed by atoms with Crippen molar-refractivity contribution in [2.45, 2.75) is 24.7 Å². The normalized spacial score (nSPS) is 14.1. The van der Waals surface area contributed by atoms with E-state index in [1.807, 2.05) is 0 Å². The second-order valence-electron chi connectivity index (χ2n) is 16.0. The van der Waals surface area contributed by atoms with E-state index in [0.717, 1.165) is 17.1 Å². The molecule has 11 rings (SSSR count). The maximum absolute atomic E-state index is 2.48. The molecule has 9 aromatic carbocycles. The fraction of sp³-hybridized carbons (Fsp3) is 0.0714. The van der Waals surface area contributed by atoms with Crippen LogP contribution in [-0.4, -0.2) is 0 Å². The molecule has 0 saturated heterocycles. The number of anilines is 3. The molecule has 2 aliphatic carbocycles. The highest BCUT2D eigenvalue weighted by molar-refractivity contribution is 6.01. The summed E-state index contributed by atoms with van der Waals surface area (Å²) in [6.07, 6.45) is 0. The molecule has 0 amide bonds. The molecule has 0 aliphatic heterocycles. The largest absolute Gasteiger partial charge is 0.310 e.